The number of hydrogen-bond donors (Lipinski definition) is 2. The zero-order valence-electron chi connectivity index (χ0n) is 16.5. The molecule has 0 saturated carbocycles. The van der Waals surface area contributed by atoms with Gasteiger partial charge in [0.25, 0.3) is 5.91 Å². The van der Waals surface area contributed by atoms with Gasteiger partial charge in [0.05, 0.1) is 12.4 Å². The first-order valence-corrected chi connectivity index (χ1v) is 10.5. The summed E-state index contributed by atoms with van der Waals surface area (Å²) in [6, 6.07) is 21.3. The van der Waals surface area contributed by atoms with Crippen molar-refractivity contribution in [2.24, 2.45) is 0 Å². The predicted molar refractivity (Wildman–Crippen MR) is 123 cm³/mol. The molecule has 2 amide bonds. The number of ether oxygens (including phenoxy) is 1. The Bertz CT molecular complexity index is 1020. The normalized spacial score (nSPS) is 11.4. The molecule has 0 aliphatic carbocycles. The van der Waals surface area contributed by atoms with E-state index >= 15 is 0 Å². The van der Waals surface area contributed by atoms with Crippen molar-refractivity contribution in [3.63, 3.8) is 0 Å². The molecule has 3 rings (SSSR count). The van der Waals surface area contributed by atoms with E-state index in [-0.39, 0.29) is 17.1 Å². The number of carbonyl (C=O) groups is 2. The first-order valence-electron chi connectivity index (χ1n) is 9.23. The van der Waals surface area contributed by atoms with Crippen LogP contribution in [0.1, 0.15) is 17.3 Å². The number of carbonyl (C=O) groups excluding carboxylic acids is 2. The molecule has 1 atom stereocenters. The molecule has 2 N–H and O–H groups in total. The Labute approximate surface area is 184 Å². The molecule has 0 heterocycles. The minimum absolute atomic E-state index is 0.112. The lowest BCUT2D eigenvalue weighted by molar-refractivity contribution is -0.115. The quantitative estimate of drug-likeness (QED) is 0.461. The highest BCUT2D eigenvalue weighted by Gasteiger charge is 2.15. The van der Waals surface area contributed by atoms with Crippen molar-refractivity contribution in [1.29, 1.82) is 0 Å². The summed E-state index contributed by atoms with van der Waals surface area (Å²) < 4.78 is 5.10. The fraction of sp³-hybridized carbons (Fsp3) is 0.130. The zero-order valence-corrected chi connectivity index (χ0v) is 18.1. The summed E-state index contributed by atoms with van der Waals surface area (Å²) in [4.78, 5) is 25.7. The third kappa shape index (κ3) is 6.02. The fourth-order valence-electron chi connectivity index (χ4n) is 2.63. The molecular formula is C23H21ClN2O3S. The van der Waals surface area contributed by atoms with Crippen molar-refractivity contribution in [2.45, 2.75) is 17.1 Å². The summed E-state index contributed by atoms with van der Waals surface area (Å²) in [6.45, 7) is 1.84. The van der Waals surface area contributed by atoms with Crippen molar-refractivity contribution in [1.82, 2.24) is 0 Å². The Balaban J connectivity index is 1.55. The van der Waals surface area contributed by atoms with Gasteiger partial charge in [-0.15, -0.1) is 11.8 Å². The summed E-state index contributed by atoms with van der Waals surface area (Å²) in [5.41, 5.74) is 1.88. The highest BCUT2D eigenvalue weighted by molar-refractivity contribution is 8.00. The van der Waals surface area contributed by atoms with Crippen LogP contribution in [0.15, 0.2) is 77.7 Å². The second kappa shape index (κ2) is 10.2. The second-order valence-corrected chi connectivity index (χ2v) is 8.32. The van der Waals surface area contributed by atoms with E-state index in [9.17, 15) is 9.59 Å². The van der Waals surface area contributed by atoms with Gasteiger partial charge in [-0.2, -0.15) is 0 Å². The molecular weight excluding hydrogens is 420 g/mol. The van der Waals surface area contributed by atoms with Crippen molar-refractivity contribution < 1.29 is 14.3 Å². The lowest BCUT2D eigenvalue weighted by atomic mass is 10.2. The highest BCUT2D eigenvalue weighted by Crippen LogP contribution is 2.26. The lowest BCUT2D eigenvalue weighted by Gasteiger charge is -2.13. The van der Waals surface area contributed by atoms with Crippen LogP contribution in [0.5, 0.6) is 5.75 Å². The van der Waals surface area contributed by atoms with E-state index < -0.39 is 0 Å². The maximum absolute atomic E-state index is 12.4. The Kier molecular flexibility index (Phi) is 7.38. The smallest absolute Gasteiger partial charge is 0.255 e. The molecule has 0 aliphatic rings. The number of benzene rings is 3. The molecule has 0 fully saturated rings. The number of rotatable bonds is 7. The van der Waals surface area contributed by atoms with Gasteiger partial charge >= 0.3 is 0 Å². The summed E-state index contributed by atoms with van der Waals surface area (Å²) in [5, 5.41) is 5.98. The Morgan fingerprint density at radius 2 is 1.63 bits per heavy atom. The number of hydrogen-bond acceptors (Lipinski definition) is 4. The fourth-order valence-corrected chi connectivity index (χ4v) is 3.69. The van der Waals surface area contributed by atoms with Crippen LogP contribution < -0.4 is 15.4 Å². The van der Waals surface area contributed by atoms with Gasteiger partial charge in [-0.25, -0.2) is 0 Å². The van der Waals surface area contributed by atoms with Crippen LogP contribution in [-0.2, 0) is 4.79 Å². The molecule has 0 aromatic heterocycles. The molecule has 0 aliphatic heterocycles. The molecule has 7 heteroatoms. The number of anilines is 2. The van der Waals surface area contributed by atoms with Crippen LogP contribution in [0.3, 0.4) is 0 Å². The number of amides is 2. The van der Waals surface area contributed by atoms with Gasteiger partial charge in [-0.1, -0.05) is 17.7 Å². The summed E-state index contributed by atoms with van der Waals surface area (Å²) in [5.74, 6) is 0.382. The first-order chi connectivity index (χ1) is 14.4. The number of nitrogens with one attached hydrogen (secondary N) is 2. The van der Waals surface area contributed by atoms with Crippen LogP contribution >= 0.6 is 23.4 Å². The van der Waals surface area contributed by atoms with Crippen LogP contribution in [0, 0.1) is 0 Å². The van der Waals surface area contributed by atoms with E-state index in [1.165, 1.54) is 11.8 Å². The van der Waals surface area contributed by atoms with Gasteiger partial charge in [-0.05, 0) is 73.7 Å². The van der Waals surface area contributed by atoms with E-state index in [2.05, 4.69) is 10.6 Å². The third-order valence-corrected chi connectivity index (χ3v) is 5.59. The van der Waals surface area contributed by atoms with E-state index in [0.717, 1.165) is 4.90 Å². The minimum Gasteiger partial charge on any atom is -0.497 e. The summed E-state index contributed by atoms with van der Waals surface area (Å²) >= 11 is 7.38. The van der Waals surface area contributed by atoms with Crippen molar-refractivity contribution in [3.8, 4) is 5.75 Å². The third-order valence-electron chi connectivity index (χ3n) is 4.24. The molecule has 0 bridgehead atoms. The molecule has 154 valence electrons. The molecule has 0 radical (unpaired) electrons. The second-order valence-electron chi connectivity index (χ2n) is 6.47. The van der Waals surface area contributed by atoms with Gasteiger partial charge in [0.2, 0.25) is 5.91 Å². The van der Waals surface area contributed by atoms with E-state index in [1.807, 2.05) is 31.2 Å². The SMILES string of the molecule is COc1ccc(C(=O)Nc2ccc(SC(C)C(=O)Nc3cccc(Cl)c3)cc2)cc1. The summed E-state index contributed by atoms with van der Waals surface area (Å²) in [6.07, 6.45) is 0. The molecule has 5 nitrogen and oxygen atoms in total. The van der Waals surface area contributed by atoms with Gasteiger partial charge in [0.1, 0.15) is 5.75 Å². The maximum Gasteiger partial charge on any atom is 0.255 e. The molecule has 3 aromatic carbocycles. The van der Waals surface area contributed by atoms with Gasteiger partial charge in [0, 0.05) is 26.9 Å². The Morgan fingerprint density at radius 3 is 2.27 bits per heavy atom. The molecule has 30 heavy (non-hydrogen) atoms. The van der Waals surface area contributed by atoms with Crippen LogP contribution in [0.4, 0.5) is 11.4 Å². The van der Waals surface area contributed by atoms with E-state index in [4.69, 9.17) is 16.3 Å². The molecule has 0 saturated heterocycles. The van der Waals surface area contributed by atoms with Crippen LogP contribution in [-0.4, -0.2) is 24.2 Å². The Morgan fingerprint density at radius 1 is 0.933 bits per heavy atom. The lowest BCUT2D eigenvalue weighted by Crippen LogP contribution is -2.22. The maximum atomic E-state index is 12.4. The molecule has 1 unspecified atom stereocenters. The van der Waals surface area contributed by atoms with Crippen LogP contribution in [0.2, 0.25) is 5.02 Å². The zero-order chi connectivity index (χ0) is 21.5. The number of methoxy groups -OCH3 is 1. The van der Waals surface area contributed by atoms with E-state index in [1.54, 1.807) is 55.6 Å². The monoisotopic (exact) mass is 440 g/mol. The van der Waals surface area contributed by atoms with Gasteiger partial charge in [-0.3, -0.25) is 9.59 Å². The van der Waals surface area contributed by atoms with Gasteiger partial charge in [0.15, 0.2) is 0 Å². The van der Waals surface area contributed by atoms with Crippen molar-refractivity contribution >= 4 is 46.6 Å². The molecule has 3 aromatic rings. The first kappa shape index (κ1) is 21.7. The molecule has 0 spiro atoms. The highest BCUT2D eigenvalue weighted by atomic mass is 35.5. The minimum atomic E-state index is -0.302. The Hall–Kier alpha value is -2.96. The average Bonchev–Trinajstić information content (AvgIpc) is 2.75. The standard InChI is InChI=1S/C23H21ClN2O3S/c1-15(22(27)26-19-5-3-4-17(24)14-19)30-21-12-8-18(9-13-21)25-23(28)16-6-10-20(29-2)11-7-16/h3-15H,1-2H3,(H,25,28)(H,26,27). The number of halogens is 1. The van der Waals surface area contributed by atoms with Gasteiger partial charge < -0.3 is 15.4 Å². The largest absolute Gasteiger partial charge is 0.497 e. The predicted octanol–water partition coefficient (Wildman–Crippen LogP) is 5.72. The van der Waals surface area contributed by atoms with E-state index in [0.29, 0.717) is 27.7 Å². The van der Waals surface area contributed by atoms with Crippen molar-refractivity contribution in [3.05, 3.63) is 83.4 Å². The summed E-state index contributed by atoms with van der Waals surface area (Å²) in [7, 11) is 1.58. The topological polar surface area (TPSA) is 67.4 Å². The van der Waals surface area contributed by atoms with Crippen molar-refractivity contribution in [2.75, 3.05) is 17.7 Å². The van der Waals surface area contributed by atoms with Crippen LogP contribution in [0.25, 0.3) is 0 Å². The number of thioether (sulfide) groups is 1. The average molecular weight is 441 g/mol.